The minimum absolute atomic E-state index is 0.190. The lowest BCUT2D eigenvalue weighted by Gasteiger charge is -2.30. The molecule has 3 heterocycles. The van der Waals surface area contributed by atoms with Crippen LogP contribution in [0, 0.1) is 0 Å². The van der Waals surface area contributed by atoms with E-state index in [1.54, 1.807) is 12.1 Å². The van der Waals surface area contributed by atoms with Crippen LogP contribution in [-0.2, 0) is 9.47 Å². The molecule has 2 aliphatic rings. The average Bonchev–Trinajstić information content (AvgIpc) is 3.03. The van der Waals surface area contributed by atoms with Gasteiger partial charge in [0.25, 0.3) is 5.91 Å². The molecule has 3 amide bonds. The number of carbonyl (C=O) groups excluding carboxylic acids is 2. The SMILES string of the molecule is CCOc1c(C(=O)NCCN2CCOCC2)nc(-c2ccc(NC(=O)Nc3ccccc3)cc2)nc1N1CCOCC1. The van der Waals surface area contributed by atoms with Gasteiger partial charge in [-0.3, -0.25) is 9.69 Å². The Balaban J connectivity index is 1.37. The summed E-state index contributed by atoms with van der Waals surface area (Å²) in [5.74, 6) is 0.995. The van der Waals surface area contributed by atoms with Gasteiger partial charge in [0, 0.05) is 56.2 Å². The first-order valence-electron chi connectivity index (χ1n) is 14.3. The van der Waals surface area contributed by atoms with Gasteiger partial charge in [0.2, 0.25) is 0 Å². The largest absolute Gasteiger partial charge is 0.488 e. The maximum atomic E-state index is 13.5. The van der Waals surface area contributed by atoms with Crippen molar-refractivity contribution in [2.24, 2.45) is 0 Å². The number of anilines is 3. The lowest BCUT2D eigenvalue weighted by molar-refractivity contribution is 0.0383. The molecule has 3 aromatic rings. The number of carbonyl (C=O) groups is 2. The zero-order valence-electron chi connectivity index (χ0n) is 23.8. The average molecular weight is 576 g/mol. The van der Waals surface area contributed by atoms with Crippen molar-refractivity contribution in [1.29, 1.82) is 0 Å². The summed E-state index contributed by atoms with van der Waals surface area (Å²) in [6, 6.07) is 16.0. The van der Waals surface area contributed by atoms with Crippen molar-refractivity contribution < 1.29 is 23.8 Å². The van der Waals surface area contributed by atoms with Crippen molar-refractivity contribution in [1.82, 2.24) is 20.2 Å². The van der Waals surface area contributed by atoms with Crippen LogP contribution >= 0.6 is 0 Å². The molecule has 0 spiro atoms. The predicted molar refractivity (Wildman–Crippen MR) is 160 cm³/mol. The topological polar surface area (TPSA) is 130 Å². The van der Waals surface area contributed by atoms with E-state index >= 15 is 0 Å². The Hall–Kier alpha value is -4.26. The zero-order valence-corrected chi connectivity index (χ0v) is 23.8. The number of amides is 3. The van der Waals surface area contributed by atoms with Crippen LogP contribution in [0.25, 0.3) is 11.4 Å². The lowest BCUT2D eigenvalue weighted by Crippen LogP contribution is -2.41. The number of hydrogen-bond donors (Lipinski definition) is 3. The molecule has 3 N–H and O–H groups in total. The number of urea groups is 1. The van der Waals surface area contributed by atoms with Crippen LogP contribution in [-0.4, -0.2) is 99.1 Å². The fourth-order valence-electron chi connectivity index (χ4n) is 4.74. The van der Waals surface area contributed by atoms with Crippen molar-refractivity contribution in [2.75, 3.05) is 87.8 Å². The molecule has 1 aromatic heterocycles. The Labute approximate surface area is 245 Å². The zero-order chi connectivity index (χ0) is 29.1. The lowest BCUT2D eigenvalue weighted by atomic mass is 10.1. The number of nitrogens with one attached hydrogen (secondary N) is 3. The second-order valence-corrected chi connectivity index (χ2v) is 9.81. The van der Waals surface area contributed by atoms with Crippen molar-refractivity contribution in [3.05, 3.63) is 60.3 Å². The number of hydrogen-bond acceptors (Lipinski definition) is 9. The molecular formula is C30H37N7O5. The van der Waals surface area contributed by atoms with E-state index in [0.717, 1.165) is 19.6 Å². The number of rotatable bonds is 10. The van der Waals surface area contributed by atoms with E-state index in [9.17, 15) is 9.59 Å². The summed E-state index contributed by atoms with van der Waals surface area (Å²) in [4.78, 5) is 39.8. The third-order valence-corrected chi connectivity index (χ3v) is 6.91. The number of benzene rings is 2. The summed E-state index contributed by atoms with van der Waals surface area (Å²) < 4.78 is 17.0. The van der Waals surface area contributed by atoms with Crippen molar-refractivity contribution in [3.63, 3.8) is 0 Å². The summed E-state index contributed by atoms with van der Waals surface area (Å²) in [5, 5.41) is 8.64. The molecule has 42 heavy (non-hydrogen) atoms. The van der Waals surface area contributed by atoms with Gasteiger partial charge in [-0.2, -0.15) is 0 Å². The smallest absolute Gasteiger partial charge is 0.323 e. The molecular weight excluding hydrogens is 538 g/mol. The molecule has 5 rings (SSSR count). The number of morpholine rings is 2. The molecule has 2 aliphatic heterocycles. The Morgan fingerprint density at radius 1 is 0.857 bits per heavy atom. The van der Waals surface area contributed by atoms with E-state index in [-0.39, 0.29) is 17.6 Å². The first-order valence-corrected chi connectivity index (χ1v) is 14.3. The molecule has 0 radical (unpaired) electrons. The third-order valence-electron chi connectivity index (χ3n) is 6.91. The van der Waals surface area contributed by atoms with Crippen LogP contribution in [0.1, 0.15) is 17.4 Å². The third kappa shape index (κ3) is 7.72. The predicted octanol–water partition coefficient (Wildman–Crippen LogP) is 3.08. The van der Waals surface area contributed by atoms with Gasteiger partial charge in [-0.15, -0.1) is 0 Å². The highest BCUT2D eigenvalue weighted by molar-refractivity contribution is 6.00. The maximum absolute atomic E-state index is 13.5. The number of aromatic nitrogens is 2. The number of para-hydroxylation sites is 1. The molecule has 0 aliphatic carbocycles. The highest BCUT2D eigenvalue weighted by atomic mass is 16.5. The molecule has 2 aromatic carbocycles. The Morgan fingerprint density at radius 3 is 2.17 bits per heavy atom. The molecule has 12 nitrogen and oxygen atoms in total. The van der Waals surface area contributed by atoms with Gasteiger partial charge in [-0.25, -0.2) is 14.8 Å². The summed E-state index contributed by atoms with van der Waals surface area (Å²) in [5.41, 5.74) is 2.19. The summed E-state index contributed by atoms with van der Waals surface area (Å²) in [6.45, 7) is 8.86. The molecule has 0 bridgehead atoms. The van der Waals surface area contributed by atoms with E-state index in [2.05, 4.69) is 30.7 Å². The standard InChI is InChI=1S/C30H37N7O5/c1-2-42-26-25(29(38)31-12-13-36-14-18-40-19-15-36)34-27(35-28(26)37-16-20-41-21-17-37)22-8-10-24(11-9-22)33-30(39)32-23-6-4-3-5-7-23/h3-11H,2,12-21H2,1H3,(H,31,38)(H2,32,33,39). The van der Waals surface area contributed by atoms with Gasteiger partial charge in [-0.1, -0.05) is 18.2 Å². The normalized spacial score (nSPS) is 15.6. The van der Waals surface area contributed by atoms with Crippen molar-refractivity contribution in [2.45, 2.75) is 6.92 Å². The minimum Gasteiger partial charge on any atom is -0.488 e. The van der Waals surface area contributed by atoms with Crippen LogP contribution in [0.3, 0.4) is 0 Å². The summed E-state index contributed by atoms with van der Waals surface area (Å²) in [7, 11) is 0. The van der Waals surface area contributed by atoms with Gasteiger partial charge in [0.1, 0.15) is 0 Å². The van der Waals surface area contributed by atoms with Gasteiger partial charge < -0.3 is 35.1 Å². The molecule has 2 fully saturated rings. The minimum atomic E-state index is -0.350. The van der Waals surface area contributed by atoms with Crippen molar-refractivity contribution >= 4 is 29.1 Å². The van der Waals surface area contributed by atoms with Crippen LogP contribution in [0.4, 0.5) is 22.0 Å². The van der Waals surface area contributed by atoms with Crippen LogP contribution in [0.5, 0.6) is 5.75 Å². The van der Waals surface area contributed by atoms with E-state index in [1.807, 2.05) is 49.4 Å². The molecule has 2 saturated heterocycles. The fraction of sp³-hybridized carbons (Fsp3) is 0.400. The second-order valence-electron chi connectivity index (χ2n) is 9.81. The monoisotopic (exact) mass is 575 g/mol. The van der Waals surface area contributed by atoms with Crippen LogP contribution in [0.15, 0.2) is 54.6 Å². The second kappa shape index (κ2) is 14.6. The van der Waals surface area contributed by atoms with Crippen LogP contribution in [0.2, 0.25) is 0 Å². The first kappa shape index (κ1) is 29.2. The Bertz CT molecular complexity index is 1330. The quantitative estimate of drug-likeness (QED) is 0.334. The highest BCUT2D eigenvalue weighted by Crippen LogP contribution is 2.33. The van der Waals surface area contributed by atoms with Gasteiger partial charge in [0.15, 0.2) is 23.1 Å². The number of ether oxygens (including phenoxy) is 3. The van der Waals surface area contributed by atoms with Gasteiger partial charge in [0.05, 0.1) is 33.0 Å². The van der Waals surface area contributed by atoms with Gasteiger partial charge in [-0.05, 0) is 43.3 Å². The fourth-order valence-corrected chi connectivity index (χ4v) is 4.74. The summed E-state index contributed by atoms with van der Waals surface area (Å²) >= 11 is 0. The van der Waals surface area contributed by atoms with Gasteiger partial charge >= 0.3 is 6.03 Å². The molecule has 12 heteroatoms. The first-order chi connectivity index (χ1) is 20.6. The molecule has 0 unspecified atom stereocenters. The highest BCUT2D eigenvalue weighted by Gasteiger charge is 2.27. The van der Waals surface area contributed by atoms with E-state index in [4.69, 9.17) is 19.2 Å². The maximum Gasteiger partial charge on any atom is 0.323 e. The van der Waals surface area contributed by atoms with E-state index < -0.39 is 0 Å². The van der Waals surface area contributed by atoms with E-state index in [1.165, 1.54) is 0 Å². The molecule has 222 valence electrons. The van der Waals surface area contributed by atoms with E-state index in [0.29, 0.717) is 87.0 Å². The summed E-state index contributed by atoms with van der Waals surface area (Å²) in [6.07, 6.45) is 0. The van der Waals surface area contributed by atoms with Crippen LogP contribution < -0.4 is 25.6 Å². The van der Waals surface area contributed by atoms with Crippen molar-refractivity contribution in [3.8, 4) is 17.1 Å². The molecule has 0 saturated carbocycles. The Kier molecular flexibility index (Phi) is 10.1. The Morgan fingerprint density at radius 2 is 1.50 bits per heavy atom. The molecule has 0 atom stereocenters. The number of nitrogens with zero attached hydrogens (tertiary/aromatic N) is 4.